The molecule has 0 aliphatic carbocycles. The molecule has 1 aromatic carbocycles. The number of amides is 2. The summed E-state index contributed by atoms with van der Waals surface area (Å²) in [6.45, 7) is 3.37. The SMILES string of the molecule is COc1cc(/C=N/NC(=O)c2cc(C)oc2C)cc(Br)c1OCC(=O)N(C)C. The lowest BCUT2D eigenvalue weighted by atomic mass is 10.2. The zero-order valence-electron chi connectivity index (χ0n) is 16.3. The molecule has 0 bridgehead atoms. The van der Waals surface area contributed by atoms with E-state index in [0.29, 0.717) is 38.6 Å². The first-order chi connectivity index (χ1) is 13.2. The van der Waals surface area contributed by atoms with Gasteiger partial charge in [0.05, 0.1) is 23.4 Å². The molecule has 0 atom stereocenters. The quantitative estimate of drug-likeness (QED) is 0.515. The summed E-state index contributed by atoms with van der Waals surface area (Å²) >= 11 is 3.40. The van der Waals surface area contributed by atoms with E-state index in [1.807, 2.05) is 0 Å². The van der Waals surface area contributed by atoms with E-state index >= 15 is 0 Å². The average Bonchev–Trinajstić information content (AvgIpc) is 2.98. The van der Waals surface area contributed by atoms with E-state index in [1.165, 1.54) is 18.2 Å². The van der Waals surface area contributed by atoms with Crippen molar-refractivity contribution in [3.63, 3.8) is 0 Å². The zero-order chi connectivity index (χ0) is 20.8. The Balaban J connectivity index is 2.10. The predicted molar refractivity (Wildman–Crippen MR) is 108 cm³/mol. The number of carbonyl (C=O) groups is 2. The van der Waals surface area contributed by atoms with E-state index in [-0.39, 0.29) is 18.4 Å². The monoisotopic (exact) mass is 451 g/mol. The van der Waals surface area contributed by atoms with Crippen LogP contribution in [0.1, 0.15) is 27.4 Å². The molecule has 0 aliphatic rings. The van der Waals surface area contributed by atoms with Gasteiger partial charge in [-0.25, -0.2) is 5.43 Å². The summed E-state index contributed by atoms with van der Waals surface area (Å²) in [5.41, 5.74) is 3.55. The topological polar surface area (TPSA) is 93.4 Å². The minimum atomic E-state index is -0.362. The number of furan rings is 1. The van der Waals surface area contributed by atoms with Gasteiger partial charge in [-0.15, -0.1) is 0 Å². The number of nitrogens with zero attached hydrogens (tertiary/aromatic N) is 2. The van der Waals surface area contributed by atoms with Gasteiger partial charge in [0.25, 0.3) is 11.8 Å². The van der Waals surface area contributed by atoms with Gasteiger partial charge in [-0.05, 0) is 53.5 Å². The molecule has 1 heterocycles. The third-order valence-electron chi connectivity index (χ3n) is 3.76. The maximum atomic E-state index is 12.1. The van der Waals surface area contributed by atoms with Gasteiger partial charge >= 0.3 is 0 Å². The highest BCUT2D eigenvalue weighted by atomic mass is 79.9. The number of likely N-dealkylation sites (N-methyl/N-ethyl adjacent to an activating group) is 1. The summed E-state index contributed by atoms with van der Waals surface area (Å²) in [6.07, 6.45) is 1.47. The Morgan fingerprint density at radius 1 is 1.29 bits per heavy atom. The number of rotatable bonds is 7. The summed E-state index contributed by atoms with van der Waals surface area (Å²) in [7, 11) is 4.80. The number of nitrogens with one attached hydrogen (secondary N) is 1. The van der Waals surface area contributed by atoms with Gasteiger partial charge in [0, 0.05) is 14.1 Å². The van der Waals surface area contributed by atoms with Crippen LogP contribution in [-0.4, -0.2) is 50.7 Å². The summed E-state index contributed by atoms with van der Waals surface area (Å²) in [5.74, 6) is 1.48. The van der Waals surface area contributed by atoms with Crippen molar-refractivity contribution in [3.05, 3.63) is 45.3 Å². The molecular formula is C19H22BrN3O5. The number of aryl methyl sites for hydroxylation is 2. The summed E-state index contributed by atoms with van der Waals surface area (Å²) in [4.78, 5) is 25.3. The number of carbonyl (C=O) groups excluding carboxylic acids is 2. The van der Waals surface area contributed by atoms with Crippen LogP contribution >= 0.6 is 15.9 Å². The Morgan fingerprint density at radius 3 is 2.57 bits per heavy atom. The molecule has 2 aromatic rings. The fourth-order valence-electron chi connectivity index (χ4n) is 2.30. The molecule has 150 valence electrons. The minimum Gasteiger partial charge on any atom is -0.493 e. The van der Waals surface area contributed by atoms with Crippen molar-refractivity contribution in [1.82, 2.24) is 10.3 Å². The Kier molecular flexibility index (Phi) is 7.22. The van der Waals surface area contributed by atoms with Crippen LogP contribution in [-0.2, 0) is 4.79 Å². The number of hydrazone groups is 1. The van der Waals surface area contributed by atoms with Gasteiger partial charge in [-0.1, -0.05) is 0 Å². The molecule has 8 nitrogen and oxygen atoms in total. The second-order valence-electron chi connectivity index (χ2n) is 6.14. The van der Waals surface area contributed by atoms with Crippen molar-refractivity contribution in [2.75, 3.05) is 27.8 Å². The molecule has 2 rings (SSSR count). The Hall–Kier alpha value is -2.81. The van der Waals surface area contributed by atoms with Gasteiger partial charge in [-0.3, -0.25) is 9.59 Å². The van der Waals surface area contributed by atoms with Crippen LogP contribution in [0.5, 0.6) is 11.5 Å². The molecule has 2 amide bonds. The lowest BCUT2D eigenvalue weighted by molar-refractivity contribution is -0.130. The average molecular weight is 452 g/mol. The normalized spacial score (nSPS) is 10.8. The van der Waals surface area contributed by atoms with Gasteiger partial charge in [-0.2, -0.15) is 5.10 Å². The maximum absolute atomic E-state index is 12.1. The van der Waals surface area contributed by atoms with Crippen LogP contribution in [0, 0.1) is 13.8 Å². The highest BCUT2D eigenvalue weighted by Crippen LogP contribution is 2.36. The van der Waals surface area contributed by atoms with E-state index in [2.05, 4.69) is 26.5 Å². The molecule has 0 spiro atoms. The van der Waals surface area contributed by atoms with Gasteiger partial charge in [0.1, 0.15) is 11.5 Å². The van der Waals surface area contributed by atoms with Gasteiger partial charge in [0.15, 0.2) is 18.1 Å². The third kappa shape index (κ3) is 5.35. The molecule has 1 aromatic heterocycles. The Morgan fingerprint density at radius 2 is 2.00 bits per heavy atom. The fourth-order valence-corrected chi connectivity index (χ4v) is 2.87. The molecule has 0 fully saturated rings. The van der Waals surface area contributed by atoms with Crippen molar-refractivity contribution in [2.45, 2.75) is 13.8 Å². The molecule has 9 heteroatoms. The van der Waals surface area contributed by atoms with E-state index in [9.17, 15) is 9.59 Å². The number of methoxy groups -OCH3 is 1. The number of benzene rings is 1. The van der Waals surface area contributed by atoms with Crippen LogP contribution in [0.4, 0.5) is 0 Å². The van der Waals surface area contributed by atoms with Crippen molar-refractivity contribution in [3.8, 4) is 11.5 Å². The van der Waals surface area contributed by atoms with E-state index < -0.39 is 0 Å². The largest absolute Gasteiger partial charge is 0.493 e. The molecule has 0 unspecified atom stereocenters. The second-order valence-corrected chi connectivity index (χ2v) is 6.99. The highest BCUT2D eigenvalue weighted by Gasteiger charge is 2.15. The fraction of sp³-hybridized carbons (Fsp3) is 0.316. The summed E-state index contributed by atoms with van der Waals surface area (Å²) < 4.78 is 16.8. The lowest BCUT2D eigenvalue weighted by Crippen LogP contribution is -2.27. The molecule has 28 heavy (non-hydrogen) atoms. The van der Waals surface area contributed by atoms with Crippen molar-refractivity contribution in [1.29, 1.82) is 0 Å². The first-order valence-corrected chi connectivity index (χ1v) is 9.13. The molecule has 0 saturated carbocycles. The predicted octanol–water partition coefficient (Wildman–Crippen LogP) is 2.90. The molecule has 0 radical (unpaired) electrons. The molecule has 0 aliphatic heterocycles. The first-order valence-electron chi connectivity index (χ1n) is 8.33. The van der Waals surface area contributed by atoms with Crippen molar-refractivity contribution in [2.24, 2.45) is 5.10 Å². The van der Waals surface area contributed by atoms with E-state index in [0.717, 1.165) is 0 Å². The number of ether oxygens (including phenoxy) is 2. The van der Waals surface area contributed by atoms with Crippen molar-refractivity contribution < 1.29 is 23.5 Å². The Bertz CT molecular complexity index is 905. The molecule has 1 N–H and O–H groups in total. The van der Waals surface area contributed by atoms with Crippen molar-refractivity contribution >= 4 is 34.0 Å². The number of hydrogen-bond acceptors (Lipinski definition) is 6. The van der Waals surface area contributed by atoms with Crippen LogP contribution in [0.15, 0.2) is 32.2 Å². The highest BCUT2D eigenvalue weighted by molar-refractivity contribution is 9.10. The van der Waals surface area contributed by atoms with Crippen LogP contribution in [0.3, 0.4) is 0 Å². The maximum Gasteiger partial charge on any atom is 0.274 e. The third-order valence-corrected chi connectivity index (χ3v) is 4.34. The molecular weight excluding hydrogens is 430 g/mol. The minimum absolute atomic E-state index is 0.116. The summed E-state index contributed by atoms with van der Waals surface area (Å²) in [5, 5.41) is 3.97. The van der Waals surface area contributed by atoms with E-state index in [4.69, 9.17) is 13.9 Å². The lowest BCUT2D eigenvalue weighted by Gasteiger charge is -2.15. The standard InChI is InChI=1S/C19H22BrN3O5/c1-11-6-14(12(2)28-11)19(25)22-21-9-13-7-15(20)18(16(8-13)26-5)27-10-17(24)23(3)4/h6-9H,10H2,1-5H3,(H,22,25)/b21-9+. The van der Waals surface area contributed by atoms with Gasteiger partial charge in [0.2, 0.25) is 0 Å². The second kappa shape index (κ2) is 9.41. The Labute approximate surface area is 171 Å². The van der Waals surface area contributed by atoms with E-state index in [1.54, 1.807) is 46.1 Å². The van der Waals surface area contributed by atoms with Crippen LogP contribution < -0.4 is 14.9 Å². The smallest absolute Gasteiger partial charge is 0.274 e. The first kappa shape index (κ1) is 21.5. The molecule has 0 saturated heterocycles. The number of hydrogen-bond donors (Lipinski definition) is 1. The zero-order valence-corrected chi connectivity index (χ0v) is 17.9. The number of halogens is 1. The van der Waals surface area contributed by atoms with Gasteiger partial charge < -0.3 is 18.8 Å². The summed E-state index contributed by atoms with van der Waals surface area (Å²) in [6, 6.07) is 5.07. The van der Waals surface area contributed by atoms with Crippen LogP contribution in [0.25, 0.3) is 0 Å². The van der Waals surface area contributed by atoms with Crippen LogP contribution in [0.2, 0.25) is 0 Å².